The highest BCUT2D eigenvalue weighted by Crippen LogP contribution is 2.20. The number of hydrogen-bond donors (Lipinski definition) is 2. The molecule has 0 aliphatic heterocycles. The highest BCUT2D eigenvalue weighted by atomic mass is 19.3. The van der Waals surface area contributed by atoms with Gasteiger partial charge in [0.05, 0.1) is 5.69 Å². The molecule has 0 aliphatic rings. The minimum atomic E-state index is -2.86. The fourth-order valence-corrected chi connectivity index (χ4v) is 0.878. The van der Waals surface area contributed by atoms with Gasteiger partial charge in [-0.25, -0.2) is 4.99 Å². The van der Waals surface area contributed by atoms with E-state index in [0.29, 0.717) is 5.69 Å². The molecular weight excluding hydrogens is 192 g/mol. The standard InChI is InChI=1S/C8H9F2N3O/c9-7(10)14-6-3-1-2-5(4-6)13-8(11)12/h1-4,7H,(H4,11,12,13). The molecular formula is C8H9F2N3O. The van der Waals surface area contributed by atoms with Crippen molar-refractivity contribution in [2.45, 2.75) is 6.61 Å². The van der Waals surface area contributed by atoms with E-state index in [9.17, 15) is 8.78 Å². The number of halogens is 2. The number of nitrogens with two attached hydrogens (primary N) is 2. The lowest BCUT2D eigenvalue weighted by molar-refractivity contribution is -0.0498. The zero-order chi connectivity index (χ0) is 10.6. The number of guanidine groups is 1. The van der Waals surface area contributed by atoms with Crippen molar-refractivity contribution in [3.8, 4) is 5.75 Å². The van der Waals surface area contributed by atoms with Gasteiger partial charge in [-0.15, -0.1) is 0 Å². The van der Waals surface area contributed by atoms with Crippen molar-refractivity contribution < 1.29 is 13.5 Å². The summed E-state index contributed by atoms with van der Waals surface area (Å²) in [5, 5.41) is 0. The van der Waals surface area contributed by atoms with Crippen LogP contribution in [0.3, 0.4) is 0 Å². The van der Waals surface area contributed by atoms with E-state index in [2.05, 4.69) is 9.73 Å². The molecule has 0 aliphatic carbocycles. The Kier molecular flexibility index (Phi) is 3.22. The van der Waals surface area contributed by atoms with Crippen LogP contribution in [0.4, 0.5) is 14.5 Å². The third kappa shape index (κ3) is 3.26. The van der Waals surface area contributed by atoms with E-state index in [0.717, 1.165) is 0 Å². The summed E-state index contributed by atoms with van der Waals surface area (Å²) in [7, 11) is 0. The van der Waals surface area contributed by atoms with Gasteiger partial charge in [-0.3, -0.25) is 0 Å². The van der Waals surface area contributed by atoms with Crippen LogP contribution in [0.5, 0.6) is 5.75 Å². The van der Waals surface area contributed by atoms with E-state index in [1.807, 2.05) is 0 Å². The third-order valence-corrected chi connectivity index (χ3v) is 1.30. The number of hydrogen-bond acceptors (Lipinski definition) is 2. The van der Waals surface area contributed by atoms with Gasteiger partial charge in [0.2, 0.25) is 0 Å². The van der Waals surface area contributed by atoms with Crippen LogP contribution in [0.2, 0.25) is 0 Å². The SMILES string of the molecule is NC(N)=Nc1cccc(OC(F)F)c1. The summed E-state index contributed by atoms with van der Waals surface area (Å²) < 4.78 is 27.8. The summed E-state index contributed by atoms with van der Waals surface area (Å²) in [4.78, 5) is 3.67. The molecule has 4 nitrogen and oxygen atoms in total. The predicted molar refractivity (Wildman–Crippen MR) is 48.5 cm³/mol. The maximum Gasteiger partial charge on any atom is 0.387 e. The highest BCUT2D eigenvalue weighted by Gasteiger charge is 2.03. The second-order valence-electron chi connectivity index (χ2n) is 2.41. The van der Waals surface area contributed by atoms with E-state index < -0.39 is 6.61 Å². The van der Waals surface area contributed by atoms with Crippen LogP contribution in [-0.2, 0) is 0 Å². The van der Waals surface area contributed by atoms with E-state index in [1.54, 1.807) is 6.07 Å². The second kappa shape index (κ2) is 4.40. The predicted octanol–water partition coefficient (Wildman–Crippen LogP) is 1.19. The van der Waals surface area contributed by atoms with Crippen molar-refractivity contribution in [1.82, 2.24) is 0 Å². The Balaban J connectivity index is 2.84. The lowest BCUT2D eigenvalue weighted by atomic mass is 10.3. The molecule has 0 amide bonds. The van der Waals surface area contributed by atoms with Crippen molar-refractivity contribution in [2.75, 3.05) is 0 Å². The van der Waals surface area contributed by atoms with E-state index in [-0.39, 0.29) is 11.7 Å². The van der Waals surface area contributed by atoms with Gasteiger partial charge in [-0.1, -0.05) is 6.07 Å². The van der Waals surface area contributed by atoms with Gasteiger partial charge in [-0.05, 0) is 12.1 Å². The zero-order valence-electron chi connectivity index (χ0n) is 7.15. The minimum Gasteiger partial charge on any atom is -0.435 e. The highest BCUT2D eigenvalue weighted by molar-refractivity contribution is 5.79. The fourth-order valence-electron chi connectivity index (χ4n) is 0.878. The summed E-state index contributed by atoms with van der Waals surface area (Å²) in [6.07, 6.45) is 0. The topological polar surface area (TPSA) is 73.6 Å². The summed E-state index contributed by atoms with van der Waals surface area (Å²) in [5.41, 5.74) is 10.6. The molecule has 14 heavy (non-hydrogen) atoms. The number of nitrogens with zero attached hydrogens (tertiary/aromatic N) is 1. The van der Waals surface area contributed by atoms with Crippen molar-refractivity contribution in [3.63, 3.8) is 0 Å². The number of aliphatic imine (C=N–C) groups is 1. The molecule has 0 aromatic heterocycles. The molecule has 4 N–H and O–H groups in total. The molecule has 0 heterocycles. The molecule has 1 rings (SSSR count). The fraction of sp³-hybridized carbons (Fsp3) is 0.125. The van der Waals surface area contributed by atoms with Crippen LogP contribution in [-0.4, -0.2) is 12.6 Å². The maximum absolute atomic E-state index is 11.8. The Morgan fingerprint density at radius 3 is 2.64 bits per heavy atom. The quantitative estimate of drug-likeness (QED) is 0.569. The largest absolute Gasteiger partial charge is 0.435 e. The van der Waals surface area contributed by atoms with Crippen molar-refractivity contribution in [3.05, 3.63) is 24.3 Å². The van der Waals surface area contributed by atoms with Gasteiger partial charge in [-0.2, -0.15) is 8.78 Å². The van der Waals surface area contributed by atoms with Crippen molar-refractivity contribution in [1.29, 1.82) is 0 Å². The number of benzene rings is 1. The second-order valence-corrected chi connectivity index (χ2v) is 2.41. The zero-order valence-corrected chi connectivity index (χ0v) is 7.15. The van der Waals surface area contributed by atoms with Crippen LogP contribution in [0.1, 0.15) is 0 Å². The molecule has 0 fully saturated rings. The molecule has 1 aromatic rings. The molecule has 6 heteroatoms. The Morgan fingerprint density at radius 1 is 1.36 bits per heavy atom. The lowest BCUT2D eigenvalue weighted by Crippen LogP contribution is -2.21. The average molecular weight is 201 g/mol. The average Bonchev–Trinajstić information content (AvgIpc) is 2.01. The monoisotopic (exact) mass is 201 g/mol. The van der Waals surface area contributed by atoms with Crippen molar-refractivity contribution in [2.24, 2.45) is 16.5 Å². The van der Waals surface area contributed by atoms with Gasteiger partial charge in [0, 0.05) is 6.07 Å². The first kappa shape index (κ1) is 10.2. The summed E-state index contributed by atoms with van der Waals surface area (Å²) >= 11 is 0. The molecule has 0 unspecified atom stereocenters. The molecule has 0 saturated carbocycles. The summed E-state index contributed by atoms with van der Waals surface area (Å²) in [5.74, 6) is -0.123. The van der Waals surface area contributed by atoms with E-state index >= 15 is 0 Å². The molecule has 0 saturated heterocycles. The Hall–Kier alpha value is -1.85. The van der Waals surface area contributed by atoms with Crippen LogP contribution in [0.25, 0.3) is 0 Å². The van der Waals surface area contributed by atoms with Gasteiger partial charge in [0.25, 0.3) is 0 Å². The van der Waals surface area contributed by atoms with Gasteiger partial charge >= 0.3 is 6.61 Å². The first-order valence-electron chi connectivity index (χ1n) is 3.72. The van der Waals surface area contributed by atoms with E-state index in [1.165, 1.54) is 18.2 Å². The minimum absolute atomic E-state index is 0.0162. The van der Waals surface area contributed by atoms with Gasteiger partial charge < -0.3 is 16.2 Å². The molecule has 0 radical (unpaired) electrons. The number of ether oxygens (including phenoxy) is 1. The molecule has 76 valence electrons. The molecule has 0 spiro atoms. The normalized spacial score (nSPS) is 9.93. The van der Waals surface area contributed by atoms with Crippen LogP contribution in [0, 0.1) is 0 Å². The third-order valence-electron chi connectivity index (χ3n) is 1.30. The first-order chi connectivity index (χ1) is 6.58. The Labute approximate surface area is 79.2 Å². The first-order valence-corrected chi connectivity index (χ1v) is 3.72. The molecule has 0 atom stereocenters. The lowest BCUT2D eigenvalue weighted by Gasteiger charge is -2.04. The summed E-state index contributed by atoms with van der Waals surface area (Å²) in [6, 6.07) is 5.78. The van der Waals surface area contributed by atoms with Crippen molar-refractivity contribution >= 4 is 11.6 Å². The van der Waals surface area contributed by atoms with Gasteiger partial charge in [0.15, 0.2) is 5.96 Å². The van der Waals surface area contributed by atoms with Crippen LogP contribution in [0.15, 0.2) is 29.3 Å². The Bertz CT molecular complexity index is 337. The van der Waals surface area contributed by atoms with Crippen LogP contribution < -0.4 is 16.2 Å². The van der Waals surface area contributed by atoms with E-state index in [4.69, 9.17) is 11.5 Å². The van der Waals surface area contributed by atoms with Gasteiger partial charge in [0.1, 0.15) is 5.75 Å². The summed E-state index contributed by atoms with van der Waals surface area (Å²) in [6.45, 7) is -2.86. The number of alkyl halides is 2. The smallest absolute Gasteiger partial charge is 0.387 e. The molecule has 0 bridgehead atoms. The van der Waals surface area contributed by atoms with Crippen LogP contribution >= 0.6 is 0 Å². The maximum atomic E-state index is 11.8. The number of rotatable bonds is 3. The Morgan fingerprint density at radius 2 is 2.07 bits per heavy atom. The molecule has 1 aromatic carbocycles.